The summed E-state index contributed by atoms with van der Waals surface area (Å²) in [6.45, 7) is 0.331. The Hall–Kier alpha value is -2.40. The van der Waals surface area contributed by atoms with E-state index in [0.717, 1.165) is 5.56 Å². The third kappa shape index (κ3) is 2.44. The van der Waals surface area contributed by atoms with Crippen molar-refractivity contribution in [3.63, 3.8) is 0 Å². The Morgan fingerprint density at radius 2 is 2.00 bits per heavy atom. The molecule has 5 nitrogen and oxygen atoms in total. The Kier molecular flexibility index (Phi) is 3.81. The lowest BCUT2D eigenvalue weighted by atomic mass is 9.92. The van der Waals surface area contributed by atoms with E-state index in [1.807, 2.05) is 12.1 Å². The van der Waals surface area contributed by atoms with Gasteiger partial charge in [-0.2, -0.15) is 0 Å². The first-order valence-corrected chi connectivity index (χ1v) is 7.19. The summed E-state index contributed by atoms with van der Waals surface area (Å²) in [5, 5.41) is 9.66. The third-order valence-electron chi connectivity index (χ3n) is 3.77. The number of halogens is 1. The second-order valence-corrected chi connectivity index (χ2v) is 5.39. The summed E-state index contributed by atoms with van der Waals surface area (Å²) in [5.74, 6) is -1.47. The van der Waals surface area contributed by atoms with Crippen LogP contribution in [0.15, 0.2) is 42.6 Å². The Morgan fingerprint density at radius 3 is 2.73 bits per heavy atom. The lowest BCUT2D eigenvalue weighted by Gasteiger charge is -2.34. The number of hydrogen-bond donors (Lipinski definition) is 1. The summed E-state index contributed by atoms with van der Waals surface area (Å²) >= 11 is 5.96. The summed E-state index contributed by atoms with van der Waals surface area (Å²) in [4.78, 5) is 29.6. The molecule has 112 valence electrons. The van der Waals surface area contributed by atoms with Crippen LogP contribution in [0.4, 0.5) is 0 Å². The molecule has 2 heterocycles. The molecular weight excluding hydrogens is 304 g/mol. The first-order valence-electron chi connectivity index (χ1n) is 6.81. The number of hydrogen-bond acceptors (Lipinski definition) is 3. The number of aliphatic carboxylic acids is 1. The molecule has 0 fully saturated rings. The van der Waals surface area contributed by atoms with Gasteiger partial charge in [-0.15, -0.1) is 0 Å². The number of aromatic nitrogens is 1. The third-order valence-corrected chi connectivity index (χ3v) is 4.07. The maximum absolute atomic E-state index is 12.7. The van der Waals surface area contributed by atoms with Gasteiger partial charge in [-0.05, 0) is 29.7 Å². The maximum atomic E-state index is 12.7. The standard InChI is InChI=1S/C16H13ClN2O3/c17-14-12(6-3-8-18-14)15(20)19-9-7-10-4-1-2-5-11(10)13(19)16(21)22/h1-6,8,13H,7,9H2,(H,21,22)/t13-/m0/s1. The molecule has 0 bridgehead atoms. The number of carboxylic acids is 1. The van der Waals surface area contributed by atoms with Crippen LogP contribution in [0.25, 0.3) is 0 Å². The van der Waals surface area contributed by atoms with Crippen molar-refractivity contribution in [2.24, 2.45) is 0 Å². The van der Waals surface area contributed by atoms with Crippen molar-refractivity contribution >= 4 is 23.5 Å². The summed E-state index contributed by atoms with van der Waals surface area (Å²) in [7, 11) is 0. The average molecular weight is 317 g/mol. The van der Waals surface area contributed by atoms with Gasteiger partial charge in [0.1, 0.15) is 5.15 Å². The highest BCUT2D eigenvalue weighted by atomic mass is 35.5. The molecule has 0 saturated carbocycles. The SMILES string of the molecule is O=C(O)[C@@H]1c2ccccc2CCN1C(=O)c1cccnc1Cl. The summed E-state index contributed by atoms with van der Waals surface area (Å²) < 4.78 is 0. The molecule has 1 aliphatic heterocycles. The molecule has 1 amide bonds. The van der Waals surface area contributed by atoms with Gasteiger partial charge in [0.05, 0.1) is 5.56 Å². The second-order valence-electron chi connectivity index (χ2n) is 5.03. The molecule has 0 saturated heterocycles. The lowest BCUT2D eigenvalue weighted by molar-refractivity contribution is -0.143. The molecule has 1 atom stereocenters. The van der Waals surface area contributed by atoms with Crippen LogP contribution in [-0.2, 0) is 11.2 Å². The molecule has 0 radical (unpaired) electrons. The predicted octanol–water partition coefficient (Wildman–Crippen LogP) is 2.56. The average Bonchev–Trinajstić information content (AvgIpc) is 2.53. The van der Waals surface area contributed by atoms with Crippen molar-refractivity contribution in [3.05, 3.63) is 64.4 Å². The van der Waals surface area contributed by atoms with Crippen LogP contribution in [-0.4, -0.2) is 33.4 Å². The van der Waals surface area contributed by atoms with Crippen molar-refractivity contribution in [3.8, 4) is 0 Å². The second kappa shape index (κ2) is 5.77. The smallest absolute Gasteiger partial charge is 0.331 e. The number of fused-ring (bicyclic) bond motifs is 1. The van der Waals surface area contributed by atoms with Crippen molar-refractivity contribution in [2.45, 2.75) is 12.5 Å². The van der Waals surface area contributed by atoms with E-state index in [-0.39, 0.29) is 10.7 Å². The van der Waals surface area contributed by atoms with Crippen LogP contribution < -0.4 is 0 Å². The fraction of sp³-hybridized carbons (Fsp3) is 0.188. The number of carbonyl (C=O) groups is 2. The van der Waals surface area contributed by atoms with Crippen LogP contribution in [0.1, 0.15) is 27.5 Å². The van der Waals surface area contributed by atoms with E-state index in [2.05, 4.69) is 4.98 Å². The van der Waals surface area contributed by atoms with Gasteiger partial charge < -0.3 is 10.0 Å². The van der Waals surface area contributed by atoms with E-state index >= 15 is 0 Å². The monoisotopic (exact) mass is 316 g/mol. The van der Waals surface area contributed by atoms with E-state index in [9.17, 15) is 14.7 Å². The van der Waals surface area contributed by atoms with Gasteiger partial charge in [-0.3, -0.25) is 4.79 Å². The minimum Gasteiger partial charge on any atom is -0.479 e. The number of benzene rings is 1. The molecule has 0 spiro atoms. The van der Waals surface area contributed by atoms with E-state index in [1.165, 1.54) is 11.1 Å². The van der Waals surface area contributed by atoms with Crippen LogP contribution in [0.2, 0.25) is 5.15 Å². The number of nitrogens with zero attached hydrogens (tertiary/aromatic N) is 2. The number of carboxylic acid groups (broad SMARTS) is 1. The molecule has 1 N–H and O–H groups in total. The minimum absolute atomic E-state index is 0.0792. The number of pyridine rings is 1. The van der Waals surface area contributed by atoms with Gasteiger partial charge in [0.25, 0.3) is 5.91 Å². The van der Waals surface area contributed by atoms with Crippen LogP contribution in [0.3, 0.4) is 0 Å². The quantitative estimate of drug-likeness (QED) is 0.864. The summed E-state index contributed by atoms with van der Waals surface area (Å²) in [6, 6.07) is 9.44. The minimum atomic E-state index is -1.06. The van der Waals surface area contributed by atoms with Crippen LogP contribution >= 0.6 is 11.6 Å². The zero-order valence-corrected chi connectivity index (χ0v) is 12.3. The molecule has 2 aromatic rings. The molecule has 3 rings (SSSR count). The highest BCUT2D eigenvalue weighted by Gasteiger charge is 2.36. The molecule has 0 unspecified atom stereocenters. The highest BCUT2D eigenvalue weighted by Crippen LogP contribution is 2.31. The molecule has 22 heavy (non-hydrogen) atoms. The Morgan fingerprint density at radius 1 is 1.23 bits per heavy atom. The first-order chi connectivity index (χ1) is 10.6. The van der Waals surface area contributed by atoms with Crippen LogP contribution in [0, 0.1) is 0 Å². The fourth-order valence-electron chi connectivity index (χ4n) is 2.75. The lowest BCUT2D eigenvalue weighted by Crippen LogP contribution is -2.43. The Bertz CT molecular complexity index is 748. The fourth-order valence-corrected chi connectivity index (χ4v) is 2.95. The number of amides is 1. The van der Waals surface area contributed by atoms with E-state index in [0.29, 0.717) is 18.5 Å². The van der Waals surface area contributed by atoms with E-state index in [1.54, 1.807) is 24.3 Å². The summed E-state index contributed by atoms with van der Waals surface area (Å²) in [6.07, 6.45) is 2.10. The van der Waals surface area contributed by atoms with Gasteiger partial charge in [-0.25, -0.2) is 9.78 Å². The summed E-state index contributed by atoms with van der Waals surface area (Å²) in [5.41, 5.74) is 1.82. The topological polar surface area (TPSA) is 70.5 Å². The molecule has 0 aliphatic carbocycles. The maximum Gasteiger partial charge on any atom is 0.331 e. The van der Waals surface area contributed by atoms with Gasteiger partial charge in [0, 0.05) is 12.7 Å². The number of carbonyl (C=O) groups excluding carboxylic acids is 1. The van der Waals surface area contributed by atoms with Crippen molar-refractivity contribution < 1.29 is 14.7 Å². The molecular formula is C16H13ClN2O3. The zero-order valence-electron chi connectivity index (χ0n) is 11.6. The van der Waals surface area contributed by atoms with E-state index < -0.39 is 17.9 Å². The van der Waals surface area contributed by atoms with E-state index in [4.69, 9.17) is 11.6 Å². The number of rotatable bonds is 2. The predicted molar refractivity (Wildman–Crippen MR) is 80.8 cm³/mol. The normalized spacial score (nSPS) is 17.0. The van der Waals surface area contributed by atoms with Gasteiger partial charge >= 0.3 is 5.97 Å². The Labute approximate surface area is 132 Å². The zero-order chi connectivity index (χ0) is 15.7. The first kappa shape index (κ1) is 14.5. The van der Waals surface area contributed by atoms with Crippen molar-refractivity contribution in [1.82, 2.24) is 9.88 Å². The van der Waals surface area contributed by atoms with Gasteiger partial charge in [0.2, 0.25) is 0 Å². The van der Waals surface area contributed by atoms with Crippen molar-refractivity contribution in [2.75, 3.05) is 6.54 Å². The molecule has 1 aliphatic rings. The molecule has 1 aromatic carbocycles. The molecule has 1 aromatic heterocycles. The Balaban J connectivity index is 2.02. The largest absolute Gasteiger partial charge is 0.479 e. The van der Waals surface area contributed by atoms with Crippen LogP contribution in [0.5, 0.6) is 0 Å². The van der Waals surface area contributed by atoms with Gasteiger partial charge in [-0.1, -0.05) is 35.9 Å². The van der Waals surface area contributed by atoms with Crippen molar-refractivity contribution in [1.29, 1.82) is 0 Å². The highest BCUT2D eigenvalue weighted by molar-refractivity contribution is 6.32. The van der Waals surface area contributed by atoms with Gasteiger partial charge in [0.15, 0.2) is 6.04 Å². The molecule has 6 heteroatoms.